The minimum absolute atomic E-state index is 0.0363. The predicted octanol–water partition coefficient (Wildman–Crippen LogP) is 4.48. The number of halogens is 5. The fraction of sp³-hybridized carbons (Fsp3) is 0.222. The molecule has 0 amide bonds. The molecule has 0 radical (unpaired) electrons. The lowest BCUT2D eigenvalue weighted by atomic mass is 10.2. The number of rotatable bonds is 7. The van der Waals surface area contributed by atoms with E-state index in [0.29, 0.717) is 18.1 Å². The molecule has 0 bridgehead atoms. The fourth-order valence-electron chi connectivity index (χ4n) is 2.43. The number of tetrazole rings is 1. The van der Waals surface area contributed by atoms with Crippen LogP contribution in [0.1, 0.15) is 18.2 Å². The molecule has 0 fully saturated rings. The maximum absolute atomic E-state index is 14.0. The summed E-state index contributed by atoms with van der Waals surface area (Å²) in [5.41, 5.74) is 0.477. The molecule has 3 aromatic rings. The molecule has 0 aliphatic rings. The first-order chi connectivity index (χ1) is 14.2. The summed E-state index contributed by atoms with van der Waals surface area (Å²) < 4.78 is 60.3. The van der Waals surface area contributed by atoms with Gasteiger partial charge in [-0.15, -0.1) is 23.4 Å². The van der Waals surface area contributed by atoms with E-state index < -0.39 is 17.9 Å². The summed E-state index contributed by atoms with van der Waals surface area (Å²) in [5, 5.41) is 11.9. The second-order valence-electron chi connectivity index (χ2n) is 5.83. The van der Waals surface area contributed by atoms with E-state index in [9.17, 15) is 17.6 Å². The van der Waals surface area contributed by atoms with Crippen molar-refractivity contribution >= 4 is 17.4 Å². The number of pyridine rings is 1. The molecule has 7 nitrogen and oxygen atoms in total. The van der Waals surface area contributed by atoms with Crippen LogP contribution in [0.3, 0.4) is 0 Å². The van der Waals surface area contributed by atoms with Gasteiger partial charge in [0.05, 0.1) is 18.2 Å². The SMILES string of the molecule is C=C(OCC)c1ccc(Cl)c(-c2nnn(Cc3cc(OC(F)(F)F)ccc3F)n2)n1. The van der Waals surface area contributed by atoms with Gasteiger partial charge in [-0.25, -0.2) is 9.37 Å². The van der Waals surface area contributed by atoms with Crippen LogP contribution in [0.15, 0.2) is 36.9 Å². The average molecular weight is 444 g/mol. The number of aromatic nitrogens is 5. The summed E-state index contributed by atoms with van der Waals surface area (Å²) >= 11 is 6.16. The summed E-state index contributed by atoms with van der Waals surface area (Å²) in [6, 6.07) is 5.80. The highest BCUT2D eigenvalue weighted by Gasteiger charge is 2.31. The molecule has 158 valence electrons. The first-order valence-electron chi connectivity index (χ1n) is 8.47. The molecule has 0 aliphatic carbocycles. The van der Waals surface area contributed by atoms with E-state index in [1.54, 1.807) is 19.1 Å². The van der Waals surface area contributed by atoms with Gasteiger partial charge in [0.15, 0.2) is 0 Å². The zero-order chi connectivity index (χ0) is 21.9. The van der Waals surface area contributed by atoms with Gasteiger partial charge in [0.2, 0.25) is 5.82 Å². The first-order valence-corrected chi connectivity index (χ1v) is 8.85. The van der Waals surface area contributed by atoms with Gasteiger partial charge in [-0.05, 0) is 42.5 Å². The van der Waals surface area contributed by atoms with Crippen molar-refractivity contribution < 1.29 is 27.0 Å². The monoisotopic (exact) mass is 443 g/mol. The number of benzene rings is 1. The smallest absolute Gasteiger partial charge is 0.492 e. The predicted molar refractivity (Wildman–Crippen MR) is 98.9 cm³/mol. The Balaban J connectivity index is 1.85. The van der Waals surface area contributed by atoms with Gasteiger partial charge >= 0.3 is 6.36 Å². The zero-order valence-corrected chi connectivity index (χ0v) is 16.2. The summed E-state index contributed by atoms with van der Waals surface area (Å²) in [7, 11) is 0. The lowest BCUT2D eigenvalue weighted by Gasteiger charge is -2.10. The van der Waals surface area contributed by atoms with E-state index in [-0.39, 0.29) is 28.6 Å². The summed E-state index contributed by atoms with van der Waals surface area (Å²) in [6.45, 7) is 5.66. The third kappa shape index (κ3) is 5.23. The van der Waals surface area contributed by atoms with Gasteiger partial charge in [-0.3, -0.25) is 0 Å². The average Bonchev–Trinajstić information content (AvgIpc) is 3.12. The summed E-state index contributed by atoms with van der Waals surface area (Å²) in [4.78, 5) is 5.29. The van der Waals surface area contributed by atoms with E-state index in [1.165, 1.54) is 0 Å². The maximum Gasteiger partial charge on any atom is 0.573 e. The standard InChI is InChI=1S/C18H14ClF4N5O2/c1-3-29-10(2)15-7-5-13(19)16(24-15)17-25-27-28(26-17)9-11-8-12(4-6-14(11)20)30-18(21,22)23/h4-8H,2-3,9H2,1H3. The summed E-state index contributed by atoms with van der Waals surface area (Å²) in [5.74, 6) is -0.957. The number of ether oxygens (including phenoxy) is 2. The highest BCUT2D eigenvalue weighted by molar-refractivity contribution is 6.32. The molecule has 0 unspecified atom stereocenters. The molecule has 30 heavy (non-hydrogen) atoms. The molecule has 2 heterocycles. The van der Waals surface area contributed by atoms with Crippen LogP contribution in [0.5, 0.6) is 5.75 Å². The van der Waals surface area contributed by atoms with E-state index in [1.807, 2.05) is 0 Å². The number of hydrogen-bond acceptors (Lipinski definition) is 6. The molecule has 2 aromatic heterocycles. The Bertz CT molecular complexity index is 1070. The molecule has 0 atom stereocenters. The highest BCUT2D eigenvalue weighted by atomic mass is 35.5. The van der Waals surface area contributed by atoms with Crippen molar-refractivity contribution in [1.82, 2.24) is 25.2 Å². The largest absolute Gasteiger partial charge is 0.573 e. The third-order valence-corrected chi connectivity index (χ3v) is 3.98. The lowest BCUT2D eigenvalue weighted by molar-refractivity contribution is -0.274. The molecular formula is C18H14ClF4N5O2. The van der Waals surface area contributed by atoms with Crippen LogP contribution in [0.25, 0.3) is 17.3 Å². The van der Waals surface area contributed by atoms with E-state index >= 15 is 0 Å². The first kappa shape index (κ1) is 21.5. The number of hydrogen-bond donors (Lipinski definition) is 0. The topological polar surface area (TPSA) is 75.0 Å². The Morgan fingerprint density at radius 3 is 2.70 bits per heavy atom. The van der Waals surface area contributed by atoms with Gasteiger partial charge in [0, 0.05) is 5.56 Å². The van der Waals surface area contributed by atoms with Crippen LogP contribution in [-0.4, -0.2) is 38.2 Å². The van der Waals surface area contributed by atoms with Crippen molar-refractivity contribution in [2.75, 3.05) is 6.61 Å². The number of alkyl halides is 3. The summed E-state index contributed by atoms with van der Waals surface area (Å²) in [6.07, 6.45) is -4.90. The van der Waals surface area contributed by atoms with E-state index in [4.69, 9.17) is 16.3 Å². The van der Waals surface area contributed by atoms with Crippen LogP contribution >= 0.6 is 11.6 Å². The van der Waals surface area contributed by atoms with Crippen molar-refractivity contribution in [3.63, 3.8) is 0 Å². The van der Waals surface area contributed by atoms with Crippen LogP contribution in [0.2, 0.25) is 5.02 Å². The Kier molecular flexibility index (Phi) is 6.20. The van der Waals surface area contributed by atoms with Crippen LogP contribution < -0.4 is 4.74 Å². The van der Waals surface area contributed by atoms with Crippen LogP contribution in [0, 0.1) is 5.82 Å². The van der Waals surface area contributed by atoms with Crippen molar-refractivity contribution in [3.8, 4) is 17.3 Å². The minimum atomic E-state index is -4.90. The van der Waals surface area contributed by atoms with Crippen molar-refractivity contribution in [1.29, 1.82) is 0 Å². The molecule has 1 aromatic carbocycles. The minimum Gasteiger partial charge on any atom is -0.492 e. The maximum atomic E-state index is 14.0. The van der Waals surface area contributed by atoms with Crippen molar-refractivity contribution in [2.24, 2.45) is 0 Å². The second-order valence-corrected chi connectivity index (χ2v) is 6.23. The van der Waals surface area contributed by atoms with Gasteiger partial charge in [-0.2, -0.15) is 4.80 Å². The highest BCUT2D eigenvalue weighted by Crippen LogP contribution is 2.27. The molecule has 0 spiro atoms. The Labute approximate surface area is 172 Å². The fourth-order valence-corrected chi connectivity index (χ4v) is 2.62. The van der Waals surface area contributed by atoms with Gasteiger partial charge in [0.1, 0.15) is 28.7 Å². The molecule has 0 saturated heterocycles. The van der Waals surface area contributed by atoms with E-state index in [0.717, 1.165) is 23.0 Å². The van der Waals surface area contributed by atoms with Crippen LogP contribution in [-0.2, 0) is 11.3 Å². The van der Waals surface area contributed by atoms with Gasteiger partial charge < -0.3 is 9.47 Å². The van der Waals surface area contributed by atoms with Crippen molar-refractivity contribution in [2.45, 2.75) is 19.8 Å². The van der Waals surface area contributed by atoms with E-state index in [2.05, 4.69) is 31.7 Å². The quantitative estimate of drug-likeness (QED) is 0.396. The van der Waals surface area contributed by atoms with Gasteiger partial charge in [-0.1, -0.05) is 18.2 Å². The molecule has 0 aliphatic heterocycles. The molecule has 0 N–H and O–H groups in total. The Morgan fingerprint density at radius 1 is 1.23 bits per heavy atom. The molecular weight excluding hydrogens is 430 g/mol. The zero-order valence-electron chi connectivity index (χ0n) is 15.5. The van der Waals surface area contributed by atoms with Crippen LogP contribution in [0.4, 0.5) is 17.6 Å². The molecule has 0 saturated carbocycles. The lowest BCUT2D eigenvalue weighted by Crippen LogP contribution is -2.17. The number of nitrogens with zero attached hydrogens (tertiary/aromatic N) is 5. The Hall–Kier alpha value is -3.21. The third-order valence-electron chi connectivity index (χ3n) is 3.68. The van der Waals surface area contributed by atoms with Gasteiger partial charge in [0.25, 0.3) is 0 Å². The van der Waals surface area contributed by atoms with Crippen molar-refractivity contribution in [3.05, 3.63) is 59.0 Å². The second kappa shape index (κ2) is 8.66. The normalized spacial score (nSPS) is 11.4. The Morgan fingerprint density at radius 2 is 2.00 bits per heavy atom. The molecule has 12 heteroatoms. The molecule has 3 rings (SSSR count).